The molecule has 2 aromatic carbocycles. The first-order chi connectivity index (χ1) is 15.6. The number of methoxy groups -OCH3 is 1. The van der Waals surface area contributed by atoms with E-state index >= 15 is 0 Å². The van der Waals surface area contributed by atoms with Gasteiger partial charge in [-0.05, 0) is 36.6 Å². The number of benzene rings is 2. The molecule has 2 heterocycles. The number of pyridine rings is 1. The number of rotatable bonds is 7. The molecule has 1 fully saturated rings. The Hall–Kier alpha value is -3.58. The molecule has 1 amide bonds. The van der Waals surface area contributed by atoms with Gasteiger partial charge >= 0.3 is 0 Å². The average Bonchev–Trinajstić information content (AvgIpc) is 3.58. The molecule has 1 aliphatic carbocycles. The first-order valence-electron chi connectivity index (χ1n) is 10.5. The van der Waals surface area contributed by atoms with E-state index in [1.54, 1.807) is 19.2 Å². The first kappa shape index (κ1) is 20.3. The Morgan fingerprint density at radius 2 is 1.94 bits per heavy atom. The second-order valence-electron chi connectivity index (χ2n) is 7.98. The van der Waals surface area contributed by atoms with Gasteiger partial charge in [0.15, 0.2) is 0 Å². The zero-order valence-corrected chi connectivity index (χ0v) is 17.5. The number of ether oxygens (including phenoxy) is 1. The topological polar surface area (TPSA) is 77.2 Å². The zero-order chi connectivity index (χ0) is 22.1. The van der Waals surface area contributed by atoms with Gasteiger partial charge in [0, 0.05) is 24.3 Å². The lowest BCUT2D eigenvalue weighted by atomic mass is 10.0. The molecule has 162 valence electrons. The lowest BCUT2D eigenvalue weighted by Crippen LogP contribution is -2.31. The molecular weight excluding hydrogens is 409 g/mol. The quantitative estimate of drug-likeness (QED) is 0.444. The summed E-state index contributed by atoms with van der Waals surface area (Å²) in [5.41, 5.74) is 3.81. The summed E-state index contributed by atoms with van der Waals surface area (Å²) in [6, 6.07) is 17.0. The summed E-state index contributed by atoms with van der Waals surface area (Å²) in [6.45, 7) is 0.246. The van der Waals surface area contributed by atoms with Crippen LogP contribution in [0.1, 0.15) is 46.4 Å². The highest BCUT2D eigenvalue weighted by atomic mass is 19.1. The predicted octanol–water partition coefficient (Wildman–Crippen LogP) is 5.02. The van der Waals surface area contributed by atoms with Crippen LogP contribution in [0.25, 0.3) is 22.4 Å². The average molecular weight is 431 g/mol. The highest BCUT2D eigenvalue weighted by molar-refractivity contribution is 6.09. The van der Waals surface area contributed by atoms with Crippen molar-refractivity contribution in [2.45, 2.75) is 24.8 Å². The van der Waals surface area contributed by atoms with Gasteiger partial charge in [0.25, 0.3) is 11.6 Å². The summed E-state index contributed by atoms with van der Waals surface area (Å²) in [4.78, 5) is 18.2. The van der Waals surface area contributed by atoms with Crippen molar-refractivity contribution in [3.05, 3.63) is 83.3 Å². The molecular formula is C25H22FN3O3. The molecule has 1 unspecified atom stereocenters. The van der Waals surface area contributed by atoms with Crippen molar-refractivity contribution in [1.29, 1.82) is 0 Å². The minimum Gasteiger partial charge on any atom is -0.382 e. The number of nitrogens with one attached hydrogen (secondary N) is 1. The smallest absolute Gasteiger partial charge is 0.259 e. The van der Waals surface area contributed by atoms with E-state index in [2.05, 4.69) is 15.5 Å². The minimum absolute atomic E-state index is 0.246. The molecule has 0 saturated heterocycles. The SMILES string of the molecule is COCC(NC(=O)c1cc(C2CC2)nc2onc(-c3ccccc3)c12)c1ccc(F)cc1. The van der Waals surface area contributed by atoms with Gasteiger partial charge in [-0.25, -0.2) is 9.37 Å². The van der Waals surface area contributed by atoms with Crippen molar-refractivity contribution < 1.29 is 18.4 Å². The Morgan fingerprint density at radius 1 is 1.19 bits per heavy atom. The van der Waals surface area contributed by atoms with E-state index in [4.69, 9.17) is 9.26 Å². The Balaban J connectivity index is 1.57. The van der Waals surface area contributed by atoms with E-state index < -0.39 is 6.04 Å². The number of aromatic nitrogens is 2. The third kappa shape index (κ3) is 3.99. The van der Waals surface area contributed by atoms with E-state index in [-0.39, 0.29) is 18.3 Å². The Bertz CT molecular complexity index is 1250. The van der Waals surface area contributed by atoms with E-state index in [0.29, 0.717) is 28.3 Å². The maximum atomic E-state index is 13.5. The van der Waals surface area contributed by atoms with E-state index in [1.165, 1.54) is 12.1 Å². The van der Waals surface area contributed by atoms with Crippen molar-refractivity contribution in [1.82, 2.24) is 15.5 Å². The number of hydrogen-bond donors (Lipinski definition) is 1. The normalized spacial score (nSPS) is 14.4. The van der Waals surface area contributed by atoms with E-state index in [9.17, 15) is 9.18 Å². The van der Waals surface area contributed by atoms with Gasteiger partial charge in [-0.2, -0.15) is 0 Å². The Labute approximate surface area is 184 Å². The number of carbonyl (C=O) groups excluding carboxylic acids is 1. The second-order valence-corrected chi connectivity index (χ2v) is 7.98. The summed E-state index contributed by atoms with van der Waals surface area (Å²) in [7, 11) is 1.56. The number of halogens is 1. The maximum absolute atomic E-state index is 13.5. The molecule has 0 aliphatic heterocycles. The lowest BCUT2D eigenvalue weighted by Gasteiger charge is -2.19. The monoisotopic (exact) mass is 431 g/mol. The third-order valence-electron chi connectivity index (χ3n) is 5.66. The Morgan fingerprint density at radius 3 is 2.62 bits per heavy atom. The first-order valence-corrected chi connectivity index (χ1v) is 10.5. The van der Waals surface area contributed by atoms with Crippen LogP contribution in [0.2, 0.25) is 0 Å². The molecule has 4 aromatic rings. The summed E-state index contributed by atoms with van der Waals surface area (Å²) in [5, 5.41) is 7.84. The van der Waals surface area contributed by atoms with Crippen LogP contribution < -0.4 is 5.32 Å². The standard InChI is InChI=1S/C25H22FN3O3/c1-31-14-21(16-9-11-18(26)12-10-16)27-24(30)19-13-20(15-7-8-15)28-25-22(19)23(29-32-25)17-5-3-2-4-6-17/h2-6,9-13,15,21H,7-8,14H2,1H3,(H,27,30). The molecule has 0 spiro atoms. The van der Waals surface area contributed by atoms with Crippen LogP contribution >= 0.6 is 0 Å². The third-order valence-corrected chi connectivity index (χ3v) is 5.66. The maximum Gasteiger partial charge on any atom is 0.259 e. The van der Waals surface area contributed by atoms with Crippen LogP contribution in [-0.4, -0.2) is 29.8 Å². The Kier molecular flexibility index (Phi) is 5.41. The molecule has 5 rings (SSSR count). The lowest BCUT2D eigenvalue weighted by molar-refractivity contribution is 0.0898. The highest BCUT2D eigenvalue weighted by Crippen LogP contribution is 2.41. The molecule has 1 aliphatic rings. The van der Waals surface area contributed by atoms with E-state index in [0.717, 1.165) is 29.7 Å². The second kappa shape index (κ2) is 8.51. The molecule has 0 radical (unpaired) electrons. The molecule has 1 atom stereocenters. The highest BCUT2D eigenvalue weighted by Gasteiger charge is 2.30. The molecule has 0 bridgehead atoms. The van der Waals surface area contributed by atoms with Crippen LogP contribution in [0.4, 0.5) is 4.39 Å². The van der Waals surface area contributed by atoms with E-state index in [1.807, 2.05) is 36.4 Å². The van der Waals surface area contributed by atoms with Crippen LogP contribution in [0.5, 0.6) is 0 Å². The minimum atomic E-state index is -0.444. The van der Waals surface area contributed by atoms with Crippen molar-refractivity contribution in [2.24, 2.45) is 0 Å². The van der Waals surface area contributed by atoms with Gasteiger partial charge in [-0.3, -0.25) is 4.79 Å². The predicted molar refractivity (Wildman–Crippen MR) is 118 cm³/mol. The summed E-state index contributed by atoms with van der Waals surface area (Å²) >= 11 is 0. The van der Waals surface area contributed by atoms with Crippen molar-refractivity contribution in [2.75, 3.05) is 13.7 Å². The zero-order valence-electron chi connectivity index (χ0n) is 17.5. The fourth-order valence-corrected chi connectivity index (χ4v) is 3.85. The molecule has 32 heavy (non-hydrogen) atoms. The molecule has 6 nitrogen and oxygen atoms in total. The van der Waals surface area contributed by atoms with Crippen LogP contribution in [-0.2, 0) is 4.74 Å². The largest absolute Gasteiger partial charge is 0.382 e. The summed E-state index contributed by atoms with van der Waals surface area (Å²) in [6.07, 6.45) is 2.09. The van der Waals surface area contributed by atoms with Gasteiger partial charge in [-0.15, -0.1) is 0 Å². The summed E-state index contributed by atoms with van der Waals surface area (Å²) < 4.78 is 24.3. The van der Waals surface area contributed by atoms with Gasteiger partial charge in [0.05, 0.1) is 23.6 Å². The van der Waals surface area contributed by atoms with Crippen molar-refractivity contribution in [3.8, 4) is 11.3 Å². The number of carbonyl (C=O) groups is 1. The van der Waals surface area contributed by atoms with Gasteiger partial charge < -0.3 is 14.6 Å². The number of amides is 1. The summed E-state index contributed by atoms with van der Waals surface area (Å²) in [5.74, 6) is -0.285. The number of fused-ring (bicyclic) bond motifs is 1. The molecule has 2 aromatic heterocycles. The fourth-order valence-electron chi connectivity index (χ4n) is 3.85. The van der Waals surface area contributed by atoms with Crippen LogP contribution in [0, 0.1) is 5.82 Å². The van der Waals surface area contributed by atoms with Crippen LogP contribution in [0.15, 0.2) is 65.2 Å². The molecule has 7 heteroatoms. The fraction of sp³-hybridized carbons (Fsp3) is 0.240. The molecule has 1 saturated carbocycles. The van der Waals surface area contributed by atoms with Crippen molar-refractivity contribution >= 4 is 17.0 Å². The number of hydrogen-bond acceptors (Lipinski definition) is 5. The van der Waals surface area contributed by atoms with Crippen molar-refractivity contribution in [3.63, 3.8) is 0 Å². The van der Waals surface area contributed by atoms with Gasteiger partial charge in [-0.1, -0.05) is 47.6 Å². The molecule has 1 N–H and O–H groups in total. The van der Waals surface area contributed by atoms with Gasteiger partial charge in [0.2, 0.25) is 0 Å². The van der Waals surface area contributed by atoms with Crippen LogP contribution in [0.3, 0.4) is 0 Å². The number of nitrogens with zero attached hydrogens (tertiary/aromatic N) is 2. The van der Waals surface area contributed by atoms with Gasteiger partial charge in [0.1, 0.15) is 11.5 Å².